The first kappa shape index (κ1) is 14.2. The van der Waals surface area contributed by atoms with Crippen molar-refractivity contribution in [3.05, 3.63) is 22.9 Å². The maximum absolute atomic E-state index is 5.69. The van der Waals surface area contributed by atoms with E-state index in [0.29, 0.717) is 0 Å². The van der Waals surface area contributed by atoms with Crippen LogP contribution in [0.5, 0.6) is 0 Å². The van der Waals surface area contributed by atoms with Crippen LogP contribution in [0.3, 0.4) is 0 Å². The molecule has 0 bridgehead atoms. The molecule has 0 saturated carbocycles. The molecular formula is C14H21N3OS. The van der Waals surface area contributed by atoms with Gasteiger partial charge < -0.3 is 9.73 Å². The van der Waals surface area contributed by atoms with E-state index in [4.69, 9.17) is 4.42 Å². The molecule has 0 aliphatic heterocycles. The molecule has 0 amide bonds. The zero-order valence-electron chi connectivity index (χ0n) is 11.6. The van der Waals surface area contributed by atoms with Gasteiger partial charge in [-0.25, -0.2) is 0 Å². The number of hydrogen-bond donors (Lipinski definition) is 1. The first-order valence-corrected chi connectivity index (χ1v) is 7.77. The van der Waals surface area contributed by atoms with Crippen molar-refractivity contribution in [2.75, 3.05) is 13.1 Å². The molecule has 4 nitrogen and oxygen atoms in total. The lowest BCUT2D eigenvalue weighted by Gasteiger charge is -1.99. The van der Waals surface area contributed by atoms with Crippen molar-refractivity contribution in [3.8, 4) is 10.8 Å². The predicted octanol–water partition coefficient (Wildman–Crippen LogP) is 3.29. The first-order valence-electron chi connectivity index (χ1n) is 6.95. The highest BCUT2D eigenvalue weighted by molar-refractivity contribution is 7.14. The second kappa shape index (κ2) is 7.40. The van der Waals surface area contributed by atoms with Crippen molar-refractivity contribution in [2.45, 2.75) is 39.5 Å². The first-order chi connectivity index (χ1) is 9.33. The van der Waals surface area contributed by atoms with Crippen LogP contribution in [0.4, 0.5) is 0 Å². The predicted molar refractivity (Wildman–Crippen MR) is 78.5 cm³/mol. The Hall–Kier alpha value is -1.20. The van der Waals surface area contributed by atoms with Crippen LogP contribution in [-0.4, -0.2) is 23.3 Å². The van der Waals surface area contributed by atoms with Crippen LogP contribution in [0.2, 0.25) is 0 Å². The van der Waals surface area contributed by atoms with Crippen LogP contribution in [0, 0.1) is 0 Å². The van der Waals surface area contributed by atoms with E-state index in [1.54, 1.807) is 11.3 Å². The molecule has 0 aromatic carbocycles. The van der Waals surface area contributed by atoms with Crippen LogP contribution in [-0.2, 0) is 12.8 Å². The molecule has 2 aromatic heterocycles. The fourth-order valence-corrected chi connectivity index (χ4v) is 2.65. The van der Waals surface area contributed by atoms with Crippen molar-refractivity contribution in [1.82, 2.24) is 15.5 Å². The van der Waals surface area contributed by atoms with Crippen LogP contribution < -0.4 is 5.32 Å². The van der Waals surface area contributed by atoms with Crippen molar-refractivity contribution < 1.29 is 4.42 Å². The Labute approximate surface area is 118 Å². The fraction of sp³-hybridized carbons (Fsp3) is 0.571. The SMILES string of the molecule is CCCNCCCc1nnc(-c2ccc(CC)o2)s1. The summed E-state index contributed by atoms with van der Waals surface area (Å²) in [7, 11) is 0. The van der Waals surface area contributed by atoms with E-state index in [2.05, 4.69) is 29.4 Å². The highest BCUT2D eigenvalue weighted by Crippen LogP contribution is 2.26. The van der Waals surface area contributed by atoms with Crippen molar-refractivity contribution in [2.24, 2.45) is 0 Å². The lowest BCUT2D eigenvalue weighted by atomic mass is 10.3. The molecule has 2 heterocycles. The molecule has 0 radical (unpaired) electrons. The summed E-state index contributed by atoms with van der Waals surface area (Å²) >= 11 is 1.63. The second-order valence-corrected chi connectivity index (χ2v) is 5.54. The minimum atomic E-state index is 0.838. The average molecular weight is 279 g/mol. The second-order valence-electron chi connectivity index (χ2n) is 4.47. The Balaban J connectivity index is 1.84. The van der Waals surface area contributed by atoms with Gasteiger partial charge in [0.25, 0.3) is 0 Å². The van der Waals surface area contributed by atoms with Crippen LogP contribution in [0.15, 0.2) is 16.5 Å². The number of nitrogens with one attached hydrogen (secondary N) is 1. The molecule has 1 N–H and O–H groups in total. The van der Waals surface area contributed by atoms with E-state index in [0.717, 1.165) is 53.9 Å². The van der Waals surface area contributed by atoms with Gasteiger partial charge in [-0.3, -0.25) is 0 Å². The van der Waals surface area contributed by atoms with Gasteiger partial charge in [-0.05, 0) is 38.1 Å². The summed E-state index contributed by atoms with van der Waals surface area (Å²) in [5.74, 6) is 1.83. The minimum absolute atomic E-state index is 0.838. The standard InChI is InChI=1S/C14H21N3OS/c1-3-9-15-10-5-6-13-16-17-14(19-13)12-8-7-11(4-2)18-12/h7-8,15H,3-6,9-10H2,1-2H3. The number of hydrogen-bond acceptors (Lipinski definition) is 5. The quantitative estimate of drug-likeness (QED) is 0.753. The fourth-order valence-electron chi connectivity index (χ4n) is 1.80. The molecule has 0 saturated heterocycles. The largest absolute Gasteiger partial charge is 0.459 e. The van der Waals surface area contributed by atoms with Gasteiger partial charge in [0.05, 0.1) is 0 Å². The van der Waals surface area contributed by atoms with Crippen LogP contribution >= 0.6 is 11.3 Å². The number of nitrogens with zero attached hydrogens (tertiary/aromatic N) is 2. The van der Waals surface area contributed by atoms with Gasteiger partial charge >= 0.3 is 0 Å². The molecule has 0 fully saturated rings. The molecule has 0 spiro atoms. The van der Waals surface area contributed by atoms with E-state index in [1.165, 1.54) is 6.42 Å². The summed E-state index contributed by atoms with van der Waals surface area (Å²) in [6.07, 6.45) is 4.18. The van der Waals surface area contributed by atoms with E-state index < -0.39 is 0 Å². The summed E-state index contributed by atoms with van der Waals surface area (Å²) < 4.78 is 5.69. The molecule has 0 aliphatic carbocycles. The van der Waals surface area contributed by atoms with E-state index in [-0.39, 0.29) is 0 Å². The molecular weight excluding hydrogens is 258 g/mol. The van der Waals surface area contributed by atoms with Crippen LogP contribution in [0.1, 0.15) is 37.5 Å². The highest BCUT2D eigenvalue weighted by atomic mass is 32.1. The molecule has 2 aromatic rings. The van der Waals surface area contributed by atoms with Gasteiger partial charge in [-0.15, -0.1) is 10.2 Å². The molecule has 5 heteroatoms. The zero-order valence-corrected chi connectivity index (χ0v) is 12.4. The Bertz CT molecular complexity index is 492. The summed E-state index contributed by atoms with van der Waals surface area (Å²) in [5.41, 5.74) is 0. The van der Waals surface area contributed by atoms with Gasteiger partial charge in [0.15, 0.2) is 10.8 Å². The van der Waals surface area contributed by atoms with Crippen molar-refractivity contribution in [3.63, 3.8) is 0 Å². The van der Waals surface area contributed by atoms with E-state index in [1.807, 2.05) is 12.1 Å². The topological polar surface area (TPSA) is 51.0 Å². The summed E-state index contributed by atoms with van der Waals surface area (Å²) in [5, 5.41) is 13.8. The maximum Gasteiger partial charge on any atom is 0.183 e. The maximum atomic E-state index is 5.69. The number of aromatic nitrogens is 2. The summed E-state index contributed by atoms with van der Waals surface area (Å²) in [6.45, 7) is 6.40. The van der Waals surface area contributed by atoms with Crippen molar-refractivity contribution >= 4 is 11.3 Å². The molecule has 19 heavy (non-hydrogen) atoms. The highest BCUT2D eigenvalue weighted by Gasteiger charge is 2.10. The average Bonchev–Trinajstić information content (AvgIpc) is 3.07. The normalized spacial score (nSPS) is 11.1. The number of furan rings is 1. The van der Waals surface area contributed by atoms with Gasteiger partial charge in [0.1, 0.15) is 10.8 Å². The van der Waals surface area contributed by atoms with Gasteiger partial charge in [-0.2, -0.15) is 0 Å². The Kier molecular flexibility index (Phi) is 5.54. The minimum Gasteiger partial charge on any atom is -0.459 e. The third kappa shape index (κ3) is 4.14. The molecule has 0 atom stereocenters. The third-order valence-corrected chi connectivity index (χ3v) is 3.86. The Morgan fingerprint density at radius 3 is 2.84 bits per heavy atom. The van der Waals surface area contributed by atoms with E-state index in [9.17, 15) is 0 Å². The van der Waals surface area contributed by atoms with Gasteiger partial charge in [0, 0.05) is 12.8 Å². The zero-order chi connectivity index (χ0) is 13.5. The van der Waals surface area contributed by atoms with Crippen molar-refractivity contribution in [1.29, 1.82) is 0 Å². The Morgan fingerprint density at radius 1 is 1.21 bits per heavy atom. The number of aryl methyl sites for hydroxylation is 2. The van der Waals surface area contributed by atoms with Crippen LogP contribution in [0.25, 0.3) is 10.8 Å². The monoisotopic (exact) mass is 279 g/mol. The molecule has 0 aliphatic rings. The molecule has 104 valence electrons. The lowest BCUT2D eigenvalue weighted by Crippen LogP contribution is -2.16. The third-order valence-electron chi connectivity index (χ3n) is 2.86. The Morgan fingerprint density at radius 2 is 2.11 bits per heavy atom. The lowest BCUT2D eigenvalue weighted by molar-refractivity contribution is 0.528. The number of rotatable bonds is 8. The summed E-state index contributed by atoms with van der Waals surface area (Å²) in [6, 6.07) is 3.98. The van der Waals surface area contributed by atoms with E-state index >= 15 is 0 Å². The smallest absolute Gasteiger partial charge is 0.183 e. The molecule has 2 rings (SSSR count). The summed E-state index contributed by atoms with van der Waals surface area (Å²) in [4.78, 5) is 0. The van der Waals surface area contributed by atoms with Gasteiger partial charge in [-0.1, -0.05) is 25.2 Å². The van der Waals surface area contributed by atoms with Gasteiger partial charge in [0.2, 0.25) is 0 Å². The molecule has 0 unspecified atom stereocenters.